The monoisotopic (exact) mass is 341 g/mol. The Labute approximate surface area is 148 Å². The second-order valence-electron chi connectivity index (χ2n) is 7.84. The van der Waals surface area contributed by atoms with Crippen LogP contribution in [-0.2, 0) is 11.2 Å². The van der Waals surface area contributed by atoms with Gasteiger partial charge in [0, 0.05) is 42.6 Å². The average Bonchev–Trinajstić information content (AvgIpc) is 3.25. The second kappa shape index (κ2) is 5.87. The number of hydrogen-bond acceptors (Lipinski definition) is 6. The van der Waals surface area contributed by atoms with Crippen molar-refractivity contribution in [3.05, 3.63) is 17.0 Å². The normalized spacial score (nSPS) is 30.8. The summed E-state index contributed by atoms with van der Waals surface area (Å²) in [5, 5.41) is 3.39. The van der Waals surface area contributed by atoms with Gasteiger partial charge in [0.2, 0.25) is 5.95 Å². The van der Waals surface area contributed by atoms with E-state index in [-0.39, 0.29) is 0 Å². The number of anilines is 2. The Morgan fingerprint density at radius 3 is 2.88 bits per heavy atom. The maximum atomic E-state index is 6.32. The lowest BCUT2D eigenvalue weighted by Crippen LogP contribution is -2.31. The van der Waals surface area contributed by atoms with Gasteiger partial charge in [0.1, 0.15) is 17.7 Å². The molecule has 2 aliphatic carbocycles. The molecule has 25 heavy (non-hydrogen) atoms. The Kier molecular flexibility index (Phi) is 3.62. The second-order valence-corrected chi connectivity index (χ2v) is 7.84. The minimum atomic E-state index is 0.366. The van der Waals surface area contributed by atoms with Crippen LogP contribution in [-0.4, -0.2) is 42.3 Å². The molecular formula is C19H27N5O. The van der Waals surface area contributed by atoms with Crippen LogP contribution in [0.15, 0.2) is 5.76 Å². The standard InChI is InChI=1S/C19H27N5O/c1-21-11-8-9-24(10-11)18-13-6-7-15-16(17(13)22-19(20)23-18)12-4-2-3-5-14(12)25-15/h11-12,14,21H,2-10H2,1H3,(H2,20,22,23)/t11-,12?,14?/m1/s1. The van der Waals surface area contributed by atoms with Crippen LogP contribution in [0.1, 0.15) is 49.8 Å². The minimum Gasteiger partial charge on any atom is -0.494 e. The largest absolute Gasteiger partial charge is 0.494 e. The van der Waals surface area contributed by atoms with E-state index in [2.05, 4.69) is 15.2 Å². The number of nitrogens with two attached hydrogens (primary N) is 1. The van der Waals surface area contributed by atoms with Gasteiger partial charge in [0.25, 0.3) is 0 Å². The lowest BCUT2D eigenvalue weighted by Gasteiger charge is -2.28. The van der Waals surface area contributed by atoms with Crippen molar-refractivity contribution in [3.8, 4) is 0 Å². The first-order chi connectivity index (χ1) is 12.2. The van der Waals surface area contributed by atoms with Crippen molar-refractivity contribution in [3.63, 3.8) is 0 Å². The van der Waals surface area contributed by atoms with Crippen LogP contribution in [0, 0.1) is 5.92 Å². The van der Waals surface area contributed by atoms with E-state index in [1.807, 2.05) is 7.05 Å². The third-order valence-corrected chi connectivity index (χ3v) is 6.42. The molecule has 0 aromatic carbocycles. The van der Waals surface area contributed by atoms with Gasteiger partial charge in [-0.15, -0.1) is 0 Å². The maximum absolute atomic E-state index is 6.32. The summed E-state index contributed by atoms with van der Waals surface area (Å²) in [6.07, 6.45) is 8.43. The molecule has 134 valence electrons. The van der Waals surface area contributed by atoms with Crippen molar-refractivity contribution in [2.45, 2.75) is 57.1 Å². The van der Waals surface area contributed by atoms with Gasteiger partial charge in [-0.3, -0.25) is 0 Å². The highest BCUT2D eigenvalue weighted by molar-refractivity contribution is 5.77. The van der Waals surface area contributed by atoms with Crippen LogP contribution in [0.3, 0.4) is 0 Å². The van der Waals surface area contributed by atoms with Crippen LogP contribution in [0.5, 0.6) is 0 Å². The molecule has 2 fully saturated rings. The van der Waals surface area contributed by atoms with Crippen LogP contribution >= 0.6 is 0 Å². The number of nitrogen functional groups attached to an aromatic ring is 1. The van der Waals surface area contributed by atoms with E-state index in [1.54, 1.807) is 0 Å². The SMILES string of the molecule is CN[C@@H]1CCN(c2nc(N)nc3c2CCC2=C3C3CCCCC3O2)C1. The molecule has 4 aliphatic rings. The minimum absolute atomic E-state index is 0.366. The molecule has 3 heterocycles. The molecule has 0 radical (unpaired) electrons. The zero-order valence-electron chi connectivity index (χ0n) is 14.9. The van der Waals surface area contributed by atoms with E-state index in [0.717, 1.165) is 43.9 Å². The van der Waals surface area contributed by atoms with E-state index in [1.165, 1.54) is 42.6 Å². The highest BCUT2D eigenvalue weighted by Gasteiger charge is 2.42. The quantitative estimate of drug-likeness (QED) is 0.858. The number of nitrogens with one attached hydrogen (secondary N) is 1. The number of rotatable bonds is 2. The zero-order valence-corrected chi connectivity index (χ0v) is 14.9. The van der Waals surface area contributed by atoms with E-state index in [4.69, 9.17) is 15.5 Å². The van der Waals surface area contributed by atoms with Crippen molar-refractivity contribution < 1.29 is 4.74 Å². The lowest BCUT2D eigenvalue weighted by molar-refractivity contribution is 0.0793. The van der Waals surface area contributed by atoms with Gasteiger partial charge in [-0.1, -0.05) is 6.42 Å². The van der Waals surface area contributed by atoms with Gasteiger partial charge < -0.3 is 20.7 Å². The van der Waals surface area contributed by atoms with E-state index in [9.17, 15) is 0 Å². The average molecular weight is 341 g/mol. The molecule has 3 N–H and O–H groups in total. The summed E-state index contributed by atoms with van der Waals surface area (Å²) in [5.41, 5.74) is 9.87. The molecule has 2 unspecified atom stereocenters. The fraction of sp³-hybridized carbons (Fsp3) is 0.684. The number of aromatic nitrogens is 2. The lowest BCUT2D eigenvalue weighted by atomic mass is 9.78. The summed E-state index contributed by atoms with van der Waals surface area (Å²) in [6, 6.07) is 0.530. The maximum Gasteiger partial charge on any atom is 0.222 e. The van der Waals surface area contributed by atoms with Crippen molar-refractivity contribution in [1.82, 2.24) is 15.3 Å². The fourth-order valence-corrected chi connectivity index (χ4v) is 5.15. The van der Waals surface area contributed by atoms with Crippen molar-refractivity contribution >= 4 is 17.3 Å². The molecule has 5 rings (SSSR count). The number of likely N-dealkylation sites (N-methyl/N-ethyl adjacent to an activating group) is 1. The predicted octanol–water partition coefficient (Wildman–Crippen LogP) is 2.10. The fourth-order valence-electron chi connectivity index (χ4n) is 5.15. The Hall–Kier alpha value is -1.82. The molecule has 1 saturated carbocycles. The van der Waals surface area contributed by atoms with E-state index < -0.39 is 0 Å². The molecule has 1 aromatic heterocycles. The first-order valence-electron chi connectivity index (χ1n) is 9.73. The van der Waals surface area contributed by atoms with E-state index in [0.29, 0.717) is 24.0 Å². The first kappa shape index (κ1) is 15.4. The summed E-state index contributed by atoms with van der Waals surface area (Å²) in [7, 11) is 2.04. The Morgan fingerprint density at radius 2 is 2.04 bits per heavy atom. The number of ether oxygens (including phenoxy) is 1. The topological polar surface area (TPSA) is 76.3 Å². The first-order valence-corrected chi connectivity index (χ1v) is 9.73. The molecule has 0 amide bonds. The summed E-state index contributed by atoms with van der Waals surface area (Å²) < 4.78 is 6.32. The zero-order chi connectivity index (χ0) is 17.0. The van der Waals surface area contributed by atoms with Crippen LogP contribution in [0.2, 0.25) is 0 Å². The van der Waals surface area contributed by atoms with Gasteiger partial charge in [-0.05, 0) is 39.2 Å². The van der Waals surface area contributed by atoms with Gasteiger partial charge in [0.05, 0.1) is 5.69 Å². The molecular weight excluding hydrogens is 314 g/mol. The van der Waals surface area contributed by atoms with Crippen LogP contribution < -0.4 is 16.0 Å². The third kappa shape index (κ3) is 2.41. The summed E-state index contributed by atoms with van der Waals surface area (Å²) in [4.78, 5) is 11.7. The molecule has 1 aromatic rings. The molecule has 0 spiro atoms. The Morgan fingerprint density at radius 1 is 1.16 bits per heavy atom. The number of allylic oxidation sites excluding steroid dienone is 1. The van der Waals surface area contributed by atoms with Crippen molar-refractivity contribution in [2.24, 2.45) is 5.92 Å². The van der Waals surface area contributed by atoms with Gasteiger partial charge >= 0.3 is 0 Å². The molecule has 2 aliphatic heterocycles. The van der Waals surface area contributed by atoms with E-state index >= 15 is 0 Å². The highest BCUT2D eigenvalue weighted by atomic mass is 16.5. The van der Waals surface area contributed by atoms with Crippen LogP contribution in [0.25, 0.3) is 5.57 Å². The van der Waals surface area contributed by atoms with Crippen LogP contribution in [0.4, 0.5) is 11.8 Å². The summed E-state index contributed by atoms with van der Waals surface area (Å²) in [5.74, 6) is 3.15. The molecule has 1 saturated heterocycles. The number of hydrogen-bond donors (Lipinski definition) is 2. The highest BCUT2D eigenvalue weighted by Crippen LogP contribution is 2.50. The Bertz CT molecular complexity index is 731. The summed E-state index contributed by atoms with van der Waals surface area (Å²) in [6.45, 7) is 2.02. The van der Waals surface area contributed by atoms with Gasteiger partial charge in [-0.2, -0.15) is 4.98 Å². The van der Waals surface area contributed by atoms with Gasteiger partial charge in [0.15, 0.2) is 0 Å². The predicted molar refractivity (Wildman–Crippen MR) is 98.2 cm³/mol. The molecule has 3 atom stereocenters. The summed E-state index contributed by atoms with van der Waals surface area (Å²) >= 11 is 0. The van der Waals surface area contributed by atoms with Crippen molar-refractivity contribution in [2.75, 3.05) is 30.8 Å². The number of fused-ring (bicyclic) bond motifs is 4. The molecule has 6 nitrogen and oxygen atoms in total. The van der Waals surface area contributed by atoms with Crippen molar-refractivity contribution in [1.29, 1.82) is 0 Å². The molecule has 6 heteroatoms. The number of nitrogens with zero attached hydrogens (tertiary/aromatic N) is 3. The van der Waals surface area contributed by atoms with Gasteiger partial charge in [-0.25, -0.2) is 4.98 Å². The smallest absolute Gasteiger partial charge is 0.222 e. The third-order valence-electron chi connectivity index (χ3n) is 6.42. The molecule has 0 bridgehead atoms. The Balaban J connectivity index is 1.56.